The Bertz CT molecular complexity index is 1000. The number of furan rings is 1. The van der Waals surface area contributed by atoms with Crippen molar-refractivity contribution in [3.05, 3.63) is 69.3 Å². The second kappa shape index (κ2) is 6.80. The molecule has 2 aromatic heterocycles. The Morgan fingerprint density at radius 1 is 1.24 bits per heavy atom. The Morgan fingerprint density at radius 2 is 2.00 bits per heavy atom. The van der Waals surface area contributed by atoms with Gasteiger partial charge in [0.05, 0.1) is 23.2 Å². The quantitative estimate of drug-likeness (QED) is 0.767. The summed E-state index contributed by atoms with van der Waals surface area (Å²) < 4.78 is 6.75. The second-order valence-electron chi connectivity index (χ2n) is 5.87. The number of carbonyl (C=O) groups is 1. The van der Waals surface area contributed by atoms with E-state index in [9.17, 15) is 14.4 Å². The Hall–Kier alpha value is -3.09. The monoisotopic (exact) mass is 341 g/mol. The van der Waals surface area contributed by atoms with Crippen LogP contribution in [0.2, 0.25) is 0 Å². The number of aryl methyl sites for hydroxylation is 1. The van der Waals surface area contributed by atoms with Crippen molar-refractivity contribution in [2.75, 3.05) is 7.05 Å². The normalized spacial score (nSPS) is 12.2. The van der Waals surface area contributed by atoms with E-state index in [1.807, 2.05) is 13.0 Å². The molecule has 1 amide bonds. The summed E-state index contributed by atoms with van der Waals surface area (Å²) >= 11 is 0. The first kappa shape index (κ1) is 16.8. The highest BCUT2D eigenvalue weighted by Crippen LogP contribution is 2.19. The van der Waals surface area contributed by atoms with Crippen molar-refractivity contribution in [2.24, 2.45) is 0 Å². The van der Waals surface area contributed by atoms with Gasteiger partial charge in [0.15, 0.2) is 0 Å². The van der Waals surface area contributed by atoms with Gasteiger partial charge in [-0.2, -0.15) is 0 Å². The van der Waals surface area contributed by atoms with Gasteiger partial charge in [0, 0.05) is 20.0 Å². The molecular formula is C18H19N3O4. The number of nitrogens with one attached hydrogen (secondary N) is 1. The minimum absolute atomic E-state index is 0.119. The summed E-state index contributed by atoms with van der Waals surface area (Å²) in [4.78, 5) is 40.3. The number of hydrogen-bond acceptors (Lipinski definition) is 4. The lowest BCUT2D eigenvalue weighted by molar-refractivity contribution is -0.132. The van der Waals surface area contributed by atoms with Gasteiger partial charge in [0.25, 0.3) is 5.56 Å². The zero-order valence-electron chi connectivity index (χ0n) is 14.1. The molecule has 0 saturated heterocycles. The third kappa shape index (κ3) is 3.26. The SMILES string of the molecule is CC(c1ccco1)N(C)C(=O)CCn1c(=O)[nH]c(=O)c2ccccc21. The van der Waals surface area contributed by atoms with Crippen LogP contribution in [0.4, 0.5) is 0 Å². The molecule has 0 aliphatic heterocycles. The Balaban J connectivity index is 1.80. The van der Waals surface area contributed by atoms with Crippen molar-refractivity contribution in [1.82, 2.24) is 14.5 Å². The fourth-order valence-electron chi connectivity index (χ4n) is 2.78. The van der Waals surface area contributed by atoms with Crippen LogP contribution in [0.3, 0.4) is 0 Å². The first-order chi connectivity index (χ1) is 12.0. The van der Waals surface area contributed by atoms with E-state index < -0.39 is 11.2 Å². The summed E-state index contributed by atoms with van der Waals surface area (Å²) in [6, 6.07) is 10.2. The zero-order valence-corrected chi connectivity index (χ0v) is 14.1. The number of amides is 1. The van der Waals surface area contributed by atoms with E-state index in [4.69, 9.17) is 4.42 Å². The molecular weight excluding hydrogens is 322 g/mol. The van der Waals surface area contributed by atoms with E-state index in [0.29, 0.717) is 16.7 Å². The summed E-state index contributed by atoms with van der Waals surface area (Å²) in [7, 11) is 1.70. The predicted molar refractivity (Wildman–Crippen MR) is 93.3 cm³/mol. The molecule has 7 nitrogen and oxygen atoms in total. The Kier molecular flexibility index (Phi) is 4.56. The molecule has 0 aliphatic carbocycles. The third-order valence-electron chi connectivity index (χ3n) is 4.38. The molecule has 25 heavy (non-hydrogen) atoms. The first-order valence-corrected chi connectivity index (χ1v) is 8.00. The number of H-pyrrole nitrogens is 1. The van der Waals surface area contributed by atoms with Gasteiger partial charge in [-0.15, -0.1) is 0 Å². The molecule has 0 saturated carbocycles. The average molecular weight is 341 g/mol. The van der Waals surface area contributed by atoms with Gasteiger partial charge < -0.3 is 9.32 Å². The topological polar surface area (TPSA) is 88.3 Å². The van der Waals surface area contributed by atoms with Gasteiger partial charge in [-0.3, -0.25) is 19.1 Å². The van der Waals surface area contributed by atoms with E-state index in [-0.39, 0.29) is 24.9 Å². The molecule has 1 atom stereocenters. The molecule has 130 valence electrons. The van der Waals surface area contributed by atoms with Crippen LogP contribution in [0.5, 0.6) is 0 Å². The van der Waals surface area contributed by atoms with E-state index in [1.54, 1.807) is 48.5 Å². The molecule has 1 unspecified atom stereocenters. The van der Waals surface area contributed by atoms with Crippen molar-refractivity contribution in [3.8, 4) is 0 Å². The minimum atomic E-state index is -0.516. The lowest BCUT2D eigenvalue weighted by Crippen LogP contribution is -2.34. The largest absolute Gasteiger partial charge is 0.467 e. The fraction of sp³-hybridized carbons (Fsp3) is 0.278. The van der Waals surface area contributed by atoms with Crippen LogP contribution in [0, 0.1) is 0 Å². The van der Waals surface area contributed by atoms with Crippen LogP contribution in [0.1, 0.15) is 25.1 Å². The van der Waals surface area contributed by atoms with Crippen LogP contribution < -0.4 is 11.2 Å². The first-order valence-electron chi connectivity index (χ1n) is 8.00. The lowest BCUT2D eigenvalue weighted by Gasteiger charge is -2.23. The van der Waals surface area contributed by atoms with Crippen molar-refractivity contribution >= 4 is 16.8 Å². The summed E-state index contributed by atoms with van der Waals surface area (Å²) in [6.45, 7) is 2.06. The number of carbonyl (C=O) groups excluding carboxylic acids is 1. The predicted octanol–water partition coefficient (Wildman–Crippen LogP) is 1.89. The molecule has 0 bridgehead atoms. The van der Waals surface area contributed by atoms with Gasteiger partial charge in [0.1, 0.15) is 5.76 Å². The number of para-hydroxylation sites is 1. The number of fused-ring (bicyclic) bond motifs is 1. The molecule has 3 aromatic rings. The number of aromatic amines is 1. The summed E-state index contributed by atoms with van der Waals surface area (Å²) in [5.74, 6) is 0.577. The zero-order chi connectivity index (χ0) is 18.0. The van der Waals surface area contributed by atoms with E-state index in [2.05, 4.69) is 4.98 Å². The van der Waals surface area contributed by atoms with E-state index >= 15 is 0 Å². The van der Waals surface area contributed by atoms with Gasteiger partial charge in [-0.05, 0) is 31.2 Å². The van der Waals surface area contributed by atoms with Gasteiger partial charge in [-0.1, -0.05) is 12.1 Å². The number of benzene rings is 1. The number of rotatable bonds is 5. The van der Waals surface area contributed by atoms with E-state index in [0.717, 1.165) is 0 Å². The highest BCUT2D eigenvalue weighted by Gasteiger charge is 2.19. The third-order valence-corrected chi connectivity index (χ3v) is 4.38. The minimum Gasteiger partial charge on any atom is -0.467 e. The molecule has 0 radical (unpaired) electrons. The van der Waals surface area contributed by atoms with Gasteiger partial charge in [-0.25, -0.2) is 4.79 Å². The molecule has 1 aromatic carbocycles. The molecule has 7 heteroatoms. The van der Waals surface area contributed by atoms with Crippen LogP contribution in [0.15, 0.2) is 56.7 Å². The number of aromatic nitrogens is 2. The smallest absolute Gasteiger partial charge is 0.328 e. The maximum Gasteiger partial charge on any atom is 0.328 e. The highest BCUT2D eigenvalue weighted by atomic mass is 16.3. The van der Waals surface area contributed by atoms with Crippen LogP contribution in [-0.2, 0) is 11.3 Å². The lowest BCUT2D eigenvalue weighted by atomic mass is 10.2. The second-order valence-corrected chi connectivity index (χ2v) is 5.87. The maximum absolute atomic E-state index is 12.5. The molecule has 1 N–H and O–H groups in total. The maximum atomic E-state index is 12.5. The Morgan fingerprint density at radius 3 is 2.72 bits per heavy atom. The molecule has 0 spiro atoms. The molecule has 0 aliphatic rings. The highest BCUT2D eigenvalue weighted by molar-refractivity contribution is 5.79. The van der Waals surface area contributed by atoms with Crippen molar-refractivity contribution in [3.63, 3.8) is 0 Å². The van der Waals surface area contributed by atoms with Gasteiger partial charge in [0.2, 0.25) is 5.91 Å². The van der Waals surface area contributed by atoms with Crippen LogP contribution in [-0.4, -0.2) is 27.4 Å². The van der Waals surface area contributed by atoms with Gasteiger partial charge >= 0.3 is 5.69 Å². The Labute approximate surface area is 143 Å². The molecule has 2 heterocycles. The summed E-state index contributed by atoms with van der Waals surface area (Å²) in [5, 5.41) is 0.423. The molecule has 3 rings (SSSR count). The van der Waals surface area contributed by atoms with Crippen molar-refractivity contribution < 1.29 is 9.21 Å². The summed E-state index contributed by atoms with van der Waals surface area (Å²) in [6.07, 6.45) is 1.70. The van der Waals surface area contributed by atoms with Crippen molar-refractivity contribution in [2.45, 2.75) is 25.9 Å². The van der Waals surface area contributed by atoms with Crippen LogP contribution in [0.25, 0.3) is 10.9 Å². The average Bonchev–Trinajstić information content (AvgIpc) is 3.14. The number of hydrogen-bond donors (Lipinski definition) is 1. The fourth-order valence-corrected chi connectivity index (χ4v) is 2.78. The van der Waals surface area contributed by atoms with Crippen molar-refractivity contribution in [1.29, 1.82) is 0 Å². The molecule has 0 fully saturated rings. The standard InChI is InChI=1S/C18H19N3O4/c1-12(15-8-5-11-25-15)20(2)16(22)9-10-21-14-7-4-3-6-13(14)17(23)19-18(21)24/h3-8,11-12H,9-10H2,1-2H3,(H,19,23,24). The van der Waals surface area contributed by atoms with Crippen LogP contribution >= 0.6 is 0 Å². The van der Waals surface area contributed by atoms with E-state index in [1.165, 1.54) is 4.57 Å². The summed E-state index contributed by atoms with van der Waals surface area (Å²) in [5.41, 5.74) is -0.421. The number of nitrogens with zero attached hydrogens (tertiary/aromatic N) is 2.